The van der Waals surface area contributed by atoms with Crippen LogP contribution in [0.15, 0.2) is 18.2 Å². The largest absolute Gasteiger partial charge is 0.282 e. The third-order valence-corrected chi connectivity index (χ3v) is 4.58. The Morgan fingerprint density at radius 3 is 2.67 bits per heavy atom. The van der Waals surface area contributed by atoms with Crippen molar-refractivity contribution in [3.8, 4) is 6.07 Å². The molecule has 1 aliphatic rings. The molecule has 1 aromatic rings. The van der Waals surface area contributed by atoms with Crippen molar-refractivity contribution < 1.29 is 8.60 Å². The third kappa shape index (κ3) is 2.72. The van der Waals surface area contributed by atoms with Gasteiger partial charge in [-0.3, -0.25) is 9.11 Å². The maximum Gasteiger partial charge on any atom is 0.130 e. The van der Waals surface area contributed by atoms with Gasteiger partial charge in [-0.2, -0.15) is 5.26 Å². The van der Waals surface area contributed by atoms with E-state index < -0.39 is 22.7 Å². The Morgan fingerprint density at radius 2 is 2.11 bits per heavy atom. The summed E-state index contributed by atoms with van der Waals surface area (Å²) in [4.78, 5) is 1.83. The summed E-state index contributed by atoms with van der Waals surface area (Å²) in [7, 11) is -0.824. The molecule has 2 rings (SSSR count). The SMILES string of the molecule is N#C[C@H](c1c(F)cccc1Cl)N1CCS(=O)CC1. The van der Waals surface area contributed by atoms with Crippen molar-refractivity contribution in [3.63, 3.8) is 0 Å². The number of nitriles is 1. The zero-order valence-electron chi connectivity index (χ0n) is 9.60. The smallest absolute Gasteiger partial charge is 0.130 e. The van der Waals surface area contributed by atoms with Crippen LogP contribution in [0.2, 0.25) is 5.02 Å². The molecule has 6 heteroatoms. The van der Waals surface area contributed by atoms with Crippen LogP contribution >= 0.6 is 11.6 Å². The second-order valence-electron chi connectivity index (χ2n) is 4.05. The third-order valence-electron chi connectivity index (χ3n) is 2.97. The molecule has 0 N–H and O–H groups in total. The number of benzene rings is 1. The number of hydrogen-bond donors (Lipinski definition) is 0. The molecular formula is C12H12ClFN2OS. The molecule has 0 unspecified atom stereocenters. The normalized spacial score (nSPS) is 19.4. The highest BCUT2D eigenvalue weighted by molar-refractivity contribution is 7.85. The summed E-state index contributed by atoms with van der Waals surface area (Å²) in [5, 5.41) is 9.51. The summed E-state index contributed by atoms with van der Waals surface area (Å²) in [6.07, 6.45) is 0. The van der Waals surface area contributed by atoms with Gasteiger partial charge in [-0.25, -0.2) is 4.39 Å². The molecule has 0 radical (unpaired) electrons. The van der Waals surface area contributed by atoms with Gasteiger partial charge in [0.15, 0.2) is 0 Å². The maximum absolute atomic E-state index is 13.8. The standard InChI is InChI=1S/C12H12ClFN2OS/c13-9-2-1-3-10(14)12(9)11(8-15)16-4-6-18(17)7-5-16/h1-3,11H,4-7H2/t11-/m1/s1. The van der Waals surface area contributed by atoms with Crippen LogP contribution in [0.25, 0.3) is 0 Å². The van der Waals surface area contributed by atoms with E-state index in [4.69, 9.17) is 11.6 Å². The molecule has 1 atom stereocenters. The maximum atomic E-state index is 13.8. The van der Waals surface area contributed by atoms with Crippen molar-refractivity contribution in [2.75, 3.05) is 24.6 Å². The summed E-state index contributed by atoms with van der Waals surface area (Å²) in [5.74, 6) is 0.565. The molecule has 1 aliphatic heterocycles. The van der Waals surface area contributed by atoms with E-state index in [0.29, 0.717) is 24.6 Å². The molecule has 0 bridgehead atoms. The molecule has 1 heterocycles. The number of hydrogen-bond acceptors (Lipinski definition) is 3. The van der Waals surface area contributed by atoms with Gasteiger partial charge in [0.2, 0.25) is 0 Å². The van der Waals surface area contributed by atoms with Gasteiger partial charge in [0.05, 0.1) is 6.07 Å². The zero-order valence-corrected chi connectivity index (χ0v) is 11.2. The van der Waals surface area contributed by atoms with Crippen molar-refractivity contribution in [2.24, 2.45) is 0 Å². The molecule has 1 saturated heterocycles. The Bertz CT molecular complexity index is 487. The van der Waals surface area contributed by atoms with E-state index in [9.17, 15) is 13.9 Å². The molecular weight excluding hydrogens is 275 g/mol. The highest BCUT2D eigenvalue weighted by Gasteiger charge is 2.28. The van der Waals surface area contributed by atoms with Crippen molar-refractivity contribution >= 4 is 22.4 Å². The van der Waals surface area contributed by atoms with Crippen LogP contribution in [0.1, 0.15) is 11.6 Å². The van der Waals surface area contributed by atoms with Gasteiger partial charge < -0.3 is 0 Å². The average molecular weight is 287 g/mol. The topological polar surface area (TPSA) is 44.1 Å². The van der Waals surface area contributed by atoms with Crippen molar-refractivity contribution in [3.05, 3.63) is 34.6 Å². The second-order valence-corrected chi connectivity index (χ2v) is 6.15. The molecule has 0 saturated carbocycles. The van der Waals surface area contributed by atoms with Crippen molar-refractivity contribution in [1.29, 1.82) is 5.26 Å². The van der Waals surface area contributed by atoms with E-state index in [1.54, 1.807) is 6.07 Å². The molecule has 0 spiro atoms. The predicted octanol–water partition coefficient (Wildman–Crippen LogP) is 2.11. The van der Waals surface area contributed by atoms with Gasteiger partial charge in [-0.05, 0) is 12.1 Å². The first kappa shape index (κ1) is 13.5. The zero-order chi connectivity index (χ0) is 13.1. The summed E-state index contributed by atoms with van der Waals surface area (Å²) in [6.45, 7) is 1.05. The lowest BCUT2D eigenvalue weighted by molar-refractivity contribution is 0.254. The number of halogens is 2. The van der Waals surface area contributed by atoms with Crippen molar-refractivity contribution in [2.45, 2.75) is 6.04 Å². The van der Waals surface area contributed by atoms with E-state index in [0.717, 1.165) is 0 Å². The minimum atomic E-state index is -0.824. The second kappa shape index (κ2) is 5.79. The molecule has 0 aromatic heterocycles. The molecule has 0 aliphatic carbocycles. The van der Waals surface area contributed by atoms with Crippen LogP contribution in [0.3, 0.4) is 0 Å². The Kier molecular flexibility index (Phi) is 4.33. The first-order valence-electron chi connectivity index (χ1n) is 5.56. The highest BCUT2D eigenvalue weighted by atomic mass is 35.5. The summed E-state index contributed by atoms with van der Waals surface area (Å²) in [5.41, 5.74) is 0.217. The van der Waals surface area contributed by atoms with Crippen LogP contribution in [-0.2, 0) is 10.8 Å². The van der Waals surface area contributed by atoms with Crippen LogP contribution in [-0.4, -0.2) is 33.7 Å². The number of nitrogens with zero attached hydrogens (tertiary/aromatic N) is 2. The minimum Gasteiger partial charge on any atom is -0.282 e. The molecule has 96 valence electrons. The lowest BCUT2D eigenvalue weighted by Crippen LogP contribution is -2.40. The van der Waals surface area contributed by atoms with Crippen LogP contribution < -0.4 is 0 Å². The summed E-state index contributed by atoms with van der Waals surface area (Å²) in [6, 6.07) is 5.76. The van der Waals surface area contributed by atoms with E-state index in [1.807, 2.05) is 4.90 Å². The fraction of sp³-hybridized carbons (Fsp3) is 0.417. The molecule has 1 aromatic carbocycles. The van der Waals surface area contributed by atoms with Crippen molar-refractivity contribution in [1.82, 2.24) is 4.90 Å². The fourth-order valence-corrected chi connectivity index (χ4v) is 3.36. The van der Waals surface area contributed by atoms with E-state index in [-0.39, 0.29) is 10.6 Å². The monoisotopic (exact) mass is 286 g/mol. The predicted molar refractivity (Wildman–Crippen MR) is 69.2 cm³/mol. The average Bonchev–Trinajstić information content (AvgIpc) is 2.35. The van der Waals surface area contributed by atoms with E-state index >= 15 is 0 Å². The summed E-state index contributed by atoms with van der Waals surface area (Å²) < 4.78 is 25.1. The van der Waals surface area contributed by atoms with Gasteiger partial charge in [0.1, 0.15) is 11.9 Å². The summed E-state index contributed by atoms with van der Waals surface area (Å²) >= 11 is 5.97. The van der Waals surface area contributed by atoms with E-state index in [2.05, 4.69) is 6.07 Å². The van der Waals surface area contributed by atoms with Gasteiger partial charge in [0, 0.05) is 46.0 Å². The number of rotatable bonds is 2. The Balaban J connectivity index is 2.29. The molecule has 0 amide bonds. The lowest BCUT2D eigenvalue weighted by Gasteiger charge is -2.30. The first-order chi connectivity index (χ1) is 8.63. The fourth-order valence-electron chi connectivity index (χ4n) is 2.01. The van der Waals surface area contributed by atoms with Crippen LogP contribution in [0.5, 0.6) is 0 Å². The first-order valence-corrected chi connectivity index (χ1v) is 7.42. The Morgan fingerprint density at radius 1 is 1.44 bits per heavy atom. The van der Waals surface area contributed by atoms with E-state index in [1.165, 1.54) is 12.1 Å². The lowest BCUT2D eigenvalue weighted by atomic mass is 10.1. The molecule has 1 fully saturated rings. The Hall–Kier alpha value is -0.960. The van der Waals surface area contributed by atoms with Gasteiger partial charge in [0.25, 0.3) is 0 Å². The quantitative estimate of drug-likeness (QED) is 0.836. The minimum absolute atomic E-state index is 0.217. The molecule has 3 nitrogen and oxygen atoms in total. The van der Waals surface area contributed by atoms with Crippen LogP contribution in [0.4, 0.5) is 4.39 Å². The van der Waals surface area contributed by atoms with Gasteiger partial charge >= 0.3 is 0 Å². The van der Waals surface area contributed by atoms with Gasteiger partial charge in [-0.15, -0.1) is 0 Å². The van der Waals surface area contributed by atoms with Gasteiger partial charge in [-0.1, -0.05) is 17.7 Å². The Labute approximate surface area is 113 Å². The van der Waals surface area contributed by atoms with Crippen LogP contribution in [0, 0.1) is 17.1 Å². The molecule has 18 heavy (non-hydrogen) atoms. The highest BCUT2D eigenvalue weighted by Crippen LogP contribution is 2.30.